The van der Waals surface area contributed by atoms with Crippen LogP contribution in [0.5, 0.6) is 0 Å². The summed E-state index contributed by atoms with van der Waals surface area (Å²) < 4.78 is 0. The largest absolute Gasteiger partial charge is 0.393 e. The van der Waals surface area contributed by atoms with Crippen molar-refractivity contribution in [2.45, 2.75) is 134 Å². The topological polar surface area (TPSA) is 40.5 Å². The van der Waals surface area contributed by atoms with Gasteiger partial charge in [-0.1, -0.05) is 89.5 Å². The Labute approximate surface area is 173 Å². The first-order valence-corrected chi connectivity index (χ1v) is 11.4. The van der Waals surface area contributed by atoms with Gasteiger partial charge in [0.1, 0.15) is 0 Å². The summed E-state index contributed by atoms with van der Waals surface area (Å²) in [5, 5.41) is 19.7. The van der Waals surface area contributed by atoms with E-state index in [-0.39, 0.29) is 24.5 Å². The minimum atomic E-state index is -0.367. The van der Waals surface area contributed by atoms with E-state index >= 15 is 0 Å². The van der Waals surface area contributed by atoms with Crippen molar-refractivity contribution in [3.8, 4) is 0 Å². The standard InChI is InChI=1S/C11H22O.C9H18O.2C2H6.CH4/c1-8(2)9-6-5-7-10(12)11(9,3)4;1-7(2)8-5-4-6-9(8,3)10;2*1-2;/h8-10,12H,5-7H2,1-4H3;7-8,10H,4-6H2,1-3H3;2*1-2H3;1H4. The van der Waals surface area contributed by atoms with Gasteiger partial charge in [0.25, 0.3) is 0 Å². The third-order valence-corrected chi connectivity index (χ3v) is 6.41. The molecule has 2 fully saturated rings. The van der Waals surface area contributed by atoms with E-state index < -0.39 is 0 Å². The van der Waals surface area contributed by atoms with Crippen LogP contribution in [-0.2, 0) is 0 Å². The first kappa shape index (κ1) is 31.6. The lowest BCUT2D eigenvalue weighted by molar-refractivity contribution is -0.0453. The minimum Gasteiger partial charge on any atom is -0.393 e. The zero-order chi connectivity index (χ0) is 21.1. The maximum atomic E-state index is 9.86. The van der Waals surface area contributed by atoms with Crippen LogP contribution >= 0.6 is 0 Å². The van der Waals surface area contributed by atoms with Crippen LogP contribution in [0, 0.1) is 29.1 Å². The van der Waals surface area contributed by atoms with E-state index in [1.54, 1.807) is 0 Å². The van der Waals surface area contributed by atoms with Crippen LogP contribution in [0.15, 0.2) is 0 Å². The van der Waals surface area contributed by atoms with Crippen LogP contribution in [0.2, 0.25) is 0 Å². The van der Waals surface area contributed by atoms with Crippen molar-refractivity contribution < 1.29 is 10.2 Å². The van der Waals surface area contributed by atoms with E-state index in [9.17, 15) is 10.2 Å². The third-order valence-electron chi connectivity index (χ3n) is 6.41. The molecule has 0 bridgehead atoms. The van der Waals surface area contributed by atoms with Gasteiger partial charge >= 0.3 is 0 Å². The van der Waals surface area contributed by atoms with Crippen LogP contribution in [0.3, 0.4) is 0 Å². The highest BCUT2D eigenvalue weighted by Gasteiger charge is 2.40. The smallest absolute Gasteiger partial charge is 0.0650 e. The van der Waals surface area contributed by atoms with Gasteiger partial charge in [0.2, 0.25) is 0 Å². The summed E-state index contributed by atoms with van der Waals surface area (Å²) in [7, 11) is 0. The summed E-state index contributed by atoms with van der Waals surface area (Å²) in [5.74, 6) is 2.57. The maximum absolute atomic E-state index is 9.86. The van der Waals surface area contributed by atoms with E-state index in [4.69, 9.17) is 0 Å². The molecule has 0 amide bonds. The molecule has 2 aliphatic carbocycles. The predicted octanol–water partition coefficient (Wildman–Crippen LogP) is 7.71. The molecule has 0 aromatic carbocycles. The zero-order valence-corrected chi connectivity index (χ0v) is 20.0. The van der Waals surface area contributed by atoms with E-state index in [1.165, 1.54) is 25.7 Å². The Hall–Kier alpha value is -0.0800. The summed E-state index contributed by atoms with van der Waals surface area (Å²) >= 11 is 0. The highest BCUT2D eigenvalue weighted by atomic mass is 16.3. The van der Waals surface area contributed by atoms with Gasteiger partial charge < -0.3 is 10.2 Å². The Morgan fingerprint density at radius 3 is 1.41 bits per heavy atom. The van der Waals surface area contributed by atoms with Crippen LogP contribution in [-0.4, -0.2) is 21.9 Å². The number of rotatable bonds is 2. The van der Waals surface area contributed by atoms with Gasteiger partial charge in [-0.15, -0.1) is 0 Å². The summed E-state index contributed by atoms with van der Waals surface area (Å²) in [6.45, 7) is 23.3. The predicted molar refractivity (Wildman–Crippen MR) is 124 cm³/mol. The van der Waals surface area contributed by atoms with Gasteiger partial charge in [-0.2, -0.15) is 0 Å². The lowest BCUT2D eigenvalue weighted by Crippen LogP contribution is -2.42. The maximum Gasteiger partial charge on any atom is 0.0650 e. The fourth-order valence-corrected chi connectivity index (χ4v) is 4.94. The van der Waals surface area contributed by atoms with E-state index in [2.05, 4.69) is 41.5 Å². The Morgan fingerprint density at radius 1 is 0.741 bits per heavy atom. The van der Waals surface area contributed by atoms with Crippen LogP contribution < -0.4 is 0 Å². The molecule has 4 atom stereocenters. The molecule has 4 unspecified atom stereocenters. The molecular weight excluding hydrogens is 332 g/mol. The lowest BCUT2D eigenvalue weighted by Gasteiger charge is -2.44. The van der Waals surface area contributed by atoms with Crippen molar-refractivity contribution in [1.29, 1.82) is 0 Å². The number of aliphatic hydroxyl groups excluding tert-OH is 1. The van der Waals surface area contributed by atoms with E-state index in [0.717, 1.165) is 12.8 Å². The van der Waals surface area contributed by atoms with Crippen molar-refractivity contribution in [1.82, 2.24) is 0 Å². The van der Waals surface area contributed by atoms with Gasteiger partial charge in [-0.25, -0.2) is 0 Å². The molecule has 2 heteroatoms. The molecule has 0 aromatic heterocycles. The Morgan fingerprint density at radius 2 is 1.15 bits per heavy atom. The van der Waals surface area contributed by atoms with Crippen molar-refractivity contribution in [3.63, 3.8) is 0 Å². The van der Waals surface area contributed by atoms with Crippen molar-refractivity contribution in [3.05, 3.63) is 0 Å². The average molecular weight is 389 g/mol. The molecular formula is C25H56O2. The van der Waals surface area contributed by atoms with Gasteiger partial charge in [0, 0.05) is 0 Å². The SMILES string of the molecule is C.CC.CC.CC(C)C1CCCC(O)C1(C)C.CC(C)C1CCCC1(C)O. The minimum absolute atomic E-state index is 0. The summed E-state index contributed by atoms with van der Waals surface area (Å²) in [6.07, 6.45) is 6.82. The third kappa shape index (κ3) is 9.79. The first-order chi connectivity index (χ1) is 12.0. The molecule has 2 saturated carbocycles. The highest BCUT2D eigenvalue weighted by molar-refractivity contribution is 4.90. The number of hydrogen-bond donors (Lipinski definition) is 2. The Bertz CT molecular complexity index is 331. The van der Waals surface area contributed by atoms with Crippen molar-refractivity contribution in [2.75, 3.05) is 0 Å². The highest BCUT2D eigenvalue weighted by Crippen LogP contribution is 2.44. The second kappa shape index (κ2) is 14.9. The molecule has 27 heavy (non-hydrogen) atoms. The lowest BCUT2D eigenvalue weighted by atomic mass is 9.63. The molecule has 0 aliphatic heterocycles. The zero-order valence-electron chi connectivity index (χ0n) is 20.0. The molecule has 0 radical (unpaired) electrons. The molecule has 0 saturated heterocycles. The van der Waals surface area contributed by atoms with E-state index in [1.807, 2.05) is 34.6 Å². The molecule has 2 rings (SSSR count). The Kier molecular flexibility index (Phi) is 17.4. The van der Waals surface area contributed by atoms with Crippen molar-refractivity contribution >= 4 is 0 Å². The monoisotopic (exact) mass is 388 g/mol. The molecule has 0 aromatic rings. The van der Waals surface area contributed by atoms with Gasteiger partial charge in [0.05, 0.1) is 11.7 Å². The van der Waals surface area contributed by atoms with Gasteiger partial charge in [0.15, 0.2) is 0 Å². The number of hydrogen-bond acceptors (Lipinski definition) is 2. The Balaban J connectivity index is -0.000000352. The molecule has 0 spiro atoms. The fourth-order valence-electron chi connectivity index (χ4n) is 4.94. The number of aliphatic hydroxyl groups is 2. The van der Waals surface area contributed by atoms with Gasteiger partial charge in [-0.05, 0) is 61.7 Å². The molecule has 2 N–H and O–H groups in total. The fraction of sp³-hybridized carbons (Fsp3) is 1.00. The van der Waals surface area contributed by atoms with Gasteiger partial charge in [-0.3, -0.25) is 0 Å². The quantitative estimate of drug-likeness (QED) is 0.508. The summed E-state index contributed by atoms with van der Waals surface area (Å²) in [6, 6.07) is 0. The normalized spacial score (nSPS) is 31.4. The van der Waals surface area contributed by atoms with Crippen molar-refractivity contribution in [2.24, 2.45) is 29.1 Å². The molecule has 0 heterocycles. The molecule has 168 valence electrons. The van der Waals surface area contributed by atoms with Crippen LogP contribution in [0.1, 0.15) is 122 Å². The summed E-state index contributed by atoms with van der Waals surface area (Å²) in [4.78, 5) is 0. The first-order valence-electron chi connectivity index (χ1n) is 11.4. The van der Waals surface area contributed by atoms with Crippen LogP contribution in [0.4, 0.5) is 0 Å². The molecule has 2 nitrogen and oxygen atoms in total. The van der Waals surface area contributed by atoms with Crippen LogP contribution in [0.25, 0.3) is 0 Å². The summed E-state index contributed by atoms with van der Waals surface area (Å²) in [5.41, 5.74) is -0.236. The second-order valence-corrected chi connectivity index (χ2v) is 9.22. The molecule has 2 aliphatic rings. The second-order valence-electron chi connectivity index (χ2n) is 9.22. The average Bonchev–Trinajstić information content (AvgIpc) is 2.93. The van der Waals surface area contributed by atoms with E-state index in [0.29, 0.717) is 23.7 Å².